The van der Waals surface area contributed by atoms with Crippen LogP contribution in [0.3, 0.4) is 0 Å². The van der Waals surface area contributed by atoms with Crippen molar-refractivity contribution in [2.75, 3.05) is 18.2 Å². The minimum absolute atomic E-state index is 0.0593. The topological polar surface area (TPSA) is 108 Å². The molecule has 1 aliphatic rings. The summed E-state index contributed by atoms with van der Waals surface area (Å²) >= 11 is 7.12. The third-order valence-electron chi connectivity index (χ3n) is 5.31. The lowest BCUT2D eigenvalue weighted by Crippen LogP contribution is -2.44. The lowest BCUT2D eigenvalue weighted by atomic mass is 9.78. The molecule has 2 aromatic carbocycles. The van der Waals surface area contributed by atoms with Gasteiger partial charge in [0.1, 0.15) is 5.92 Å². The third-order valence-corrected chi connectivity index (χ3v) is 6.74. The van der Waals surface area contributed by atoms with Crippen molar-refractivity contribution < 1.29 is 19.1 Å². The first-order valence-electron chi connectivity index (χ1n) is 10.0. The maximum Gasteiger partial charge on any atom is 0.319 e. The van der Waals surface area contributed by atoms with Gasteiger partial charge in [-0.1, -0.05) is 59.3 Å². The Bertz CT molecular complexity index is 1170. The van der Waals surface area contributed by atoms with Crippen LogP contribution in [0.2, 0.25) is 5.02 Å². The highest BCUT2D eigenvalue weighted by Crippen LogP contribution is 2.40. The summed E-state index contributed by atoms with van der Waals surface area (Å²) in [4.78, 5) is 37.8. The summed E-state index contributed by atoms with van der Waals surface area (Å²) in [5.74, 6) is -3.73. The minimum atomic E-state index is -1.21. The highest BCUT2D eigenvalue weighted by molar-refractivity contribution is 8.03. The lowest BCUT2D eigenvalue weighted by molar-refractivity contribution is -0.150. The van der Waals surface area contributed by atoms with E-state index in [0.29, 0.717) is 16.3 Å². The number of aryl methyl sites for hydroxylation is 1. The fourth-order valence-corrected chi connectivity index (χ4v) is 4.54. The van der Waals surface area contributed by atoms with Crippen molar-refractivity contribution in [1.29, 1.82) is 5.26 Å². The van der Waals surface area contributed by atoms with Crippen LogP contribution in [0.15, 0.2) is 53.1 Å². The third kappa shape index (κ3) is 5.38. The predicted octanol–water partition coefficient (Wildman–Crippen LogP) is 4.07. The molecule has 0 unspecified atom stereocenters. The molecule has 0 saturated carbocycles. The van der Waals surface area contributed by atoms with Crippen LogP contribution in [0.5, 0.6) is 0 Å². The van der Waals surface area contributed by atoms with Crippen LogP contribution in [0.4, 0.5) is 5.69 Å². The van der Waals surface area contributed by atoms with E-state index in [2.05, 4.69) is 16.7 Å². The maximum atomic E-state index is 12.9. The number of nitrogens with zero attached hydrogens (tertiary/aromatic N) is 1. The smallest absolute Gasteiger partial charge is 0.319 e. The summed E-state index contributed by atoms with van der Waals surface area (Å²) in [6.07, 6.45) is 0. The van der Waals surface area contributed by atoms with Gasteiger partial charge in [-0.3, -0.25) is 14.4 Å². The molecule has 170 valence electrons. The number of carbonyl (C=O) groups is 3. The first-order chi connectivity index (χ1) is 15.8. The summed E-state index contributed by atoms with van der Waals surface area (Å²) in [6.45, 7) is 3.71. The fourth-order valence-electron chi connectivity index (χ4n) is 3.52. The molecule has 0 fully saturated rings. The Morgan fingerprint density at radius 2 is 1.91 bits per heavy atom. The molecule has 0 aromatic heterocycles. The maximum absolute atomic E-state index is 12.9. The van der Waals surface area contributed by atoms with Crippen LogP contribution in [0, 0.1) is 31.1 Å². The number of allylic oxidation sites excluding steroid dienone is 1. The molecule has 3 rings (SSSR count). The second-order valence-corrected chi connectivity index (χ2v) is 8.88. The Morgan fingerprint density at radius 1 is 1.21 bits per heavy atom. The molecule has 7 nitrogen and oxygen atoms in total. The number of carbonyl (C=O) groups excluding carboxylic acids is 3. The van der Waals surface area contributed by atoms with Gasteiger partial charge in [0.25, 0.3) is 0 Å². The Hall–Kier alpha value is -3.28. The van der Waals surface area contributed by atoms with Gasteiger partial charge in [0.15, 0.2) is 0 Å². The molecule has 0 bridgehead atoms. The molecule has 2 atom stereocenters. The van der Waals surface area contributed by atoms with E-state index in [4.69, 9.17) is 16.3 Å². The minimum Gasteiger partial charge on any atom is -0.468 e. The SMILES string of the molecule is COC(=O)[C@H]1C(=O)NC(SCC(=O)Nc2cccc(Cl)c2C)=C(C#N)[C@@H]1c1ccc(C)cc1. The van der Waals surface area contributed by atoms with Crippen LogP contribution in [-0.4, -0.2) is 30.6 Å². The quantitative estimate of drug-likeness (QED) is 0.473. The molecule has 1 heterocycles. The van der Waals surface area contributed by atoms with Crippen molar-refractivity contribution in [3.63, 3.8) is 0 Å². The van der Waals surface area contributed by atoms with Crippen LogP contribution in [-0.2, 0) is 19.1 Å². The number of esters is 1. The number of hydrogen-bond donors (Lipinski definition) is 2. The van der Waals surface area contributed by atoms with Gasteiger partial charge in [0, 0.05) is 16.6 Å². The number of nitrogens with one attached hydrogen (secondary N) is 2. The average molecular weight is 484 g/mol. The molecule has 0 radical (unpaired) electrons. The molecule has 33 heavy (non-hydrogen) atoms. The number of amides is 2. The molecule has 0 aliphatic carbocycles. The summed E-state index contributed by atoms with van der Waals surface area (Å²) in [7, 11) is 1.20. The van der Waals surface area contributed by atoms with Gasteiger partial charge in [-0.15, -0.1) is 0 Å². The Kier molecular flexibility index (Phi) is 7.79. The van der Waals surface area contributed by atoms with Crippen LogP contribution in [0.1, 0.15) is 22.6 Å². The van der Waals surface area contributed by atoms with Crippen molar-refractivity contribution in [3.05, 3.63) is 74.8 Å². The Morgan fingerprint density at radius 3 is 2.55 bits per heavy atom. The van der Waals surface area contributed by atoms with E-state index in [1.807, 2.05) is 19.1 Å². The molecule has 2 N–H and O–H groups in total. The second kappa shape index (κ2) is 10.6. The van der Waals surface area contributed by atoms with Gasteiger partial charge in [-0.25, -0.2) is 0 Å². The summed E-state index contributed by atoms with van der Waals surface area (Å²) < 4.78 is 4.84. The van der Waals surface area contributed by atoms with E-state index < -0.39 is 23.7 Å². The molecule has 9 heteroatoms. The zero-order valence-electron chi connectivity index (χ0n) is 18.3. The molecular formula is C24H22ClN3O4S. The number of ether oxygens (including phenoxy) is 1. The van der Waals surface area contributed by atoms with Crippen molar-refractivity contribution in [2.24, 2.45) is 5.92 Å². The number of benzene rings is 2. The molecule has 2 amide bonds. The number of methoxy groups -OCH3 is 1. The van der Waals surface area contributed by atoms with Crippen molar-refractivity contribution in [3.8, 4) is 6.07 Å². The Balaban J connectivity index is 1.89. The molecule has 1 aliphatic heterocycles. The van der Waals surface area contributed by atoms with Crippen LogP contribution < -0.4 is 10.6 Å². The molecule has 2 aromatic rings. The number of thioether (sulfide) groups is 1. The highest BCUT2D eigenvalue weighted by atomic mass is 35.5. The van der Waals surface area contributed by atoms with E-state index in [-0.39, 0.29) is 22.3 Å². The number of hydrogen-bond acceptors (Lipinski definition) is 6. The lowest BCUT2D eigenvalue weighted by Gasteiger charge is -2.31. The van der Waals surface area contributed by atoms with Gasteiger partial charge in [0.05, 0.1) is 29.5 Å². The molecule has 0 saturated heterocycles. The summed E-state index contributed by atoms with van der Waals surface area (Å²) in [6, 6.07) is 14.6. The van der Waals surface area contributed by atoms with Gasteiger partial charge in [-0.05, 0) is 37.1 Å². The van der Waals surface area contributed by atoms with Gasteiger partial charge < -0.3 is 15.4 Å². The predicted molar refractivity (Wildman–Crippen MR) is 127 cm³/mol. The normalized spacial score (nSPS) is 17.7. The number of anilines is 1. The monoisotopic (exact) mass is 483 g/mol. The van der Waals surface area contributed by atoms with E-state index in [9.17, 15) is 19.6 Å². The largest absolute Gasteiger partial charge is 0.468 e. The van der Waals surface area contributed by atoms with Gasteiger partial charge in [-0.2, -0.15) is 5.26 Å². The zero-order chi connectivity index (χ0) is 24.1. The van der Waals surface area contributed by atoms with Crippen molar-refractivity contribution >= 4 is 46.8 Å². The standard InChI is InChI=1S/C24H22ClN3O4S/c1-13-7-9-15(10-8-13)20-16(11-26)23(28-22(30)21(20)24(31)32-3)33-12-19(29)27-18-6-4-5-17(25)14(18)2/h4-10,20-21H,12H2,1-3H3,(H,27,29)(H,28,30)/t20-,21+/m0/s1. The van der Waals surface area contributed by atoms with Crippen LogP contribution >= 0.6 is 23.4 Å². The Labute approximate surface area is 201 Å². The first kappa shape index (κ1) is 24.4. The number of halogens is 1. The second-order valence-electron chi connectivity index (χ2n) is 7.48. The summed E-state index contributed by atoms with van der Waals surface area (Å²) in [5, 5.41) is 16.1. The number of nitriles is 1. The van der Waals surface area contributed by atoms with Gasteiger partial charge in [0.2, 0.25) is 11.8 Å². The van der Waals surface area contributed by atoms with E-state index in [1.165, 1.54) is 7.11 Å². The first-order valence-corrected chi connectivity index (χ1v) is 11.4. The van der Waals surface area contributed by atoms with E-state index in [0.717, 1.165) is 22.9 Å². The molecular weight excluding hydrogens is 462 g/mol. The van der Waals surface area contributed by atoms with Crippen molar-refractivity contribution in [1.82, 2.24) is 5.32 Å². The average Bonchev–Trinajstić information content (AvgIpc) is 2.80. The van der Waals surface area contributed by atoms with Crippen molar-refractivity contribution in [2.45, 2.75) is 19.8 Å². The van der Waals surface area contributed by atoms with Crippen LogP contribution in [0.25, 0.3) is 0 Å². The molecule has 0 spiro atoms. The number of rotatable bonds is 6. The van der Waals surface area contributed by atoms with E-state index >= 15 is 0 Å². The zero-order valence-corrected chi connectivity index (χ0v) is 19.8. The fraction of sp³-hybridized carbons (Fsp3) is 0.250. The van der Waals surface area contributed by atoms with Gasteiger partial charge >= 0.3 is 5.97 Å². The van der Waals surface area contributed by atoms with E-state index in [1.54, 1.807) is 37.3 Å². The highest BCUT2D eigenvalue weighted by Gasteiger charge is 2.44. The summed E-state index contributed by atoms with van der Waals surface area (Å²) in [5.41, 5.74) is 3.16.